The predicted molar refractivity (Wildman–Crippen MR) is 99.7 cm³/mol. The van der Waals surface area contributed by atoms with E-state index in [0.29, 0.717) is 20.8 Å². The standard InChI is InChI=1S/C17H13ClN2OS2/c18-14-8-6-12(7-9-14)10-15-16(21)20(17(22)23-15)19-11-13-4-2-1-3-5-13/h1-10,19H,11H2/b15-10+. The molecular formula is C17H13ClN2OS2. The van der Waals surface area contributed by atoms with Crippen LogP contribution in [0.25, 0.3) is 6.08 Å². The third kappa shape index (κ3) is 4.00. The van der Waals surface area contributed by atoms with E-state index in [4.69, 9.17) is 23.8 Å². The second kappa shape index (κ2) is 7.27. The molecule has 23 heavy (non-hydrogen) atoms. The molecule has 0 unspecified atom stereocenters. The summed E-state index contributed by atoms with van der Waals surface area (Å²) in [6, 6.07) is 17.2. The van der Waals surface area contributed by atoms with Crippen LogP contribution in [0.1, 0.15) is 11.1 Å². The molecule has 0 saturated carbocycles. The van der Waals surface area contributed by atoms with Gasteiger partial charge in [-0.05, 0) is 29.3 Å². The second-order valence-corrected chi connectivity index (χ2v) is 7.00. The largest absolute Gasteiger partial charge is 0.280 e. The van der Waals surface area contributed by atoms with E-state index in [1.54, 1.807) is 12.1 Å². The average molecular weight is 361 g/mol. The number of carbonyl (C=O) groups is 1. The van der Waals surface area contributed by atoms with E-state index in [0.717, 1.165) is 11.1 Å². The molecule has 2 aromatic carbocycles. The van der Waals surface area contributed by atoms with Crippen molar-refractivity contribution < 1.29 is 4.79 Å². The van der Waals surface area contributed by atoms with Gasteiger partial charge in [-0.1, -0.05) is 78.0 Å². The highest BCUT2D eigenvalue weighted by molar-refractivity contribution is 8.26. The van der Waals surface area contributed by atoms with Crippen LogP contribution in [0.15, 0.2) is 59.5 Å². The van der Waals surface area contributed by atoms with E-state index < -0.39 is 0 Å². The van der Waals surface area contributed by atoms with E-state index in [1.807, 2.05) is 48.5 Å². The number of thioether (sulfide) groups is 1. The van der Waals surface area contributed by atoms with Gasteiger partial charge in [0.15, 0.2) is 4.32 Å². The fourth-order valence-electron chi connectivity index (χ4n) is 2.08. The van der Waals surface area contributed by atoms with Gasteiger partial charge in [-0.15, -0.1) is 0 Å². The van der Waals surface area contributed by atoms with Crippen molar-refractivity contribution in [1.82, 2.24) is 10.4 Å². The summed E-state index contributed by atoms with van der Waals surface area (Å²) in [5.74, 6) is -0.133. The van der Waals surface area contributed by atoms with E-state index in [1.165, 1.54) is 16.8 Å². The first-order valence-corrected chi connectivity index (χ1v) is 8.55. The van der Waals surface area contributed by atoms with Crippen LogP contribution in [0.2, 0.25) is 5.02 Å². The Morgan fingerprint density at radius 2 is 1.83 bits per heavy atom. The molecule has 1 aliphatic rings. The summed E-state index contributed by atoms with van der Waals surface area (Å²) in [4.78, 5) is 13.1. The van der Waals surface area contributed by atoms with Gasteiger partial charge in [0.1, 0.15) is 0 Å². The normalized spacial score (nSPS) is 16.4. The van der Waals surface area contributed by atoms with Gasteiger partial charge in [-0.25, -0.2) is 10.4 Å². The Labute approximate surface area is 149 Å². The van der Waals surface area contributed by atoms with Crippen LogP contribution in [-0.4, -0.2) is 15.2 Å². The maximum atomic E-state index is 12.5. The summed E-state index contributed by atoms with van der Waals surface area (Å²) >= 11 is 12.5. The maximum Gasteiger partial charge on any atom is 0.280 e. The third-order valence-corrected chi connectivity index (χ3v) is 4.80. The predicted octanol–water partition coefficient (Wildman–Crippen LogP) is 4.25. The molecule has 116 valence electrons. The zero-order chi connectivity index (χ0) is 16.2. The first-order valence-electron chi connectivity index (χ1n) is 6.94. The molecule has 6 heteroatoms. The molecule has 1 fully saturated rings. The summed E-state index contributed by atoms with van der Waals surface area (Å²) in [5.41, 5.74) is 5.08. The zero-order valence-corrected chi connectivity index (χ0v) is 14.4. The van der Waals surface area contributed by atoms with Crippen LogP contribution in [0.5, 0.6) is 0 Å². The van der Waals surface area contributed by atoms with E-state index in [2.05, 4.69) is 5.43 Å². The minimum absolute atomic E-state index is 0.133. The molecule has 0 radical (unpaired) electrons. The molecule has 1 amide bonds. The highest BCUT2D eigenvalue weighted by Crippen LogP contribution is 2.31. The van der Waals surface area contributed by atoms with Crippen molar-refractivity contribution in [2.45, 2.75) is 6.54 Å². The molecule has 1 aliphatic heterocycles. The van der Waals surface area contributed by atoms with Crippen molar-refractivity contribution in [1.29, 1.82) is 0 Å². The zero-order valence-electron chi connectivity index (χ0n) is 12.0. The molecule has 0 spiro atoms. The second-order valence-electron chi connectivity index (χ2n) is 4.89. The Hall–Kier alpha value is -1.66. The molecule has 3 rings (SSSR count). The lowest BCUT2D eigenvalue weighted by Gasteiger charge is -2.15. The lowest BCUT2D eigenvalue weighted by Crippen LogP contribution is -2.40. The number of rotatable bonds is 4. The third-order valence-electron chi connectivity index (χ3n) is 3.25. The molecule has 0 bridgehead atoms. The monoisotopic (exact) mass is 360 g/mol. The topological polar surface area (TPSA) is 32.3 Å². The summed E-state index contributed by atoms with van der Waals surface area (Å²) in [7, 11) is 0. The Bertz CT molecular complexity index is 760. The van der Waals surface area contributed by atoms with Gasteiger partial charge in [0.05, 0.1) is 4.91 Å². The van der Waals surface area contributed by atoms with Gasteiger partial charge in [-0.3, -0.25) is 4.79 Å². The Balaban J connectivity index is 1.71. The average Bonchev–Trinajstić information content (AvgIpc) is 2.82. The van der Waals surface area contributed by atoms with E-state index in [-0.39, 0.29) is 5.91 Å². The Morgan fingerprint density at radius 3 is 2.52 bits per heavy atom. The lowest BCUT2D eigenvalue weighted by molar-refractivity contribution is -0.124. The summed E-state index contributed by atoms with van der Waals surface area (Å²) < 4.78 is 0.506. The van der Waals surface area contributed by atoms with Gasteiger partial charge < -0.3 is 0 Å². The Morgan fingerprint density at radius 1 is 1.13 bits per heavy atom. The first-order chi connectivity index (χ1) is 11.1. The van der Waals surface area contributed by atoms with Crippen LogP contribution in [0, 0.1) is 0 Å². The van der Waals surface area contributed by atoms with Crippen LogP contribution in [0.4, 0.5) is 0 Å². The highest BCUT2D eigenvalue weighted by Gasteiger charge is 2.31. The van der Waals surface area contributed by atoms with Gasteiger partial charge in [0, 0.05) is 11.6 Å². The molecule has 3 nitrogen and oxygen atoms in total. The number of nitrogens with zero attached hydrogens (tertiary/aromatic N) is 1. The quantitative estimate of drug-likeness (QED) is 0.652. The highest BCUT2D eigenvalue weighted by atomic mass is 35.5. The number of carbonyl (C=O) groups excluding carboxylic acids is 1. The summed E-state index contributed by atoms with van der Waals surface area (Å²) in [5, 5.41) is 2.09. The molecule has 0 aromatic heterocycles. The first kappa shape index (κ1) is 16.2. The maximum absolute atomic E-state index is 12.5. The smallest absolute Gasteiger partial charge is 0.267 e. The number of halogens is 1. The van der Waals surface area contributed by atoms with Crippen molar-refractivity contribution in [3.05, 3.63) is 75.7 Å². The van der Waals surface area contributed by atoms with Crippen molar-refractivity contribution in [3.63, 3.8) is 0 Å². The van der Waals surface area contributed by atoms with Crippen LogP contribution in [0.3, 0.4) is 0 Å². The number of hydrazine groups is 1. The number of hydrogen-bond acceptors (Lipinski definition) is 4. The Kier molecular flexibility index (Phi) is 5.13. The summed E-state index contributed by atoms with van der Waals surface area (Å²) in [6.07, 6.45) is 1.82. The molecule has 0 aliphatic carbocycles. The van der Waals surface area contributed by atoms with Gasteiger partial charge in [-0.2, -0.15) is 0 Å². The number of benzene rings is 2. The fraction of sp³-hybridized carbons (Fsp3) is 0.0588. The fourth-order valence-corrected chi connectivity index (χ4v) is 3.42. The SMILES string of the molecule is O=C1/C(=C\c2ccc(Cl)cc2)SC(=S)N1NCc1ccccc1. The van der Waals surface area contributed by atoms with Gasteiger partial charge in [0.2, 0.25) is 0 Å². The molecule has 2 aromatic rings. The minimum Gasteiger partial charge on any atom is -0.267 e. The van der Waals surface area contributed by atoms with Gasteiger partial charge >= 0.3 is 0 Å². The van der Waals surface area contributed by atoms with Crippen molar-refractivity contribution in [2.24, 2.45) is 0 Å². The van der Waals surface area contributed by atoms with Crippen LogP contribution in [-0.2, 0) is 11.3 Å². The summed E-state index contributed by atoms with van der Waals surface area (Å²) in [6.45, 7) is 0.543. The van der Waals surface area contributed by atoms with E-state index >= 15 is 0 Å². The number of hydrogen-bond donors (Lipinski definition) is 1. The van der Waals surface area contributed by atoms with Gasteiger partial charge in [0.25, 0.3) is 5.91 Å². The number of amides is 1. The van der Waals surface area contributed by atoms with Crippen molar-refractivity contribution in [3.8, 4) is 0 Å². The number of thiocarbonyl (C=S) groups is 1. The minimum atomic E-state index is -0.133. The molecule has 1 saturated heterocycles. The van der Waals surface area contributed by atoms with Crippen molar-refractivity contribution in [2.75, 3.05) is 0 Å². The van der Waals surface area contributed by atoms with Crippen molar-refractivity contribution >= 4 is 51.9 Å². The molecule has 0 atom stereocenters. The van der Waals surface area contributed by atoms with Crippen LogP contribution >= 0.6 is 35.6 Å². The molecule has 1 N–H and O–H groups in total. The molecular weight excluding hydrogens is 348 g/mol. The molecule has 1 heterocycles. The number of nitrogens with one attached hydrogen (secondary N) is 1. The lowest BCUT2D eigenvalue weighted by atomic mass is 10.2. The van der Waals surface area contributed by atoms with E-state index in [9.17, 15) is 4.79 Å². The van der Waals surface area contributed by atoms with Crippen LogP contribution < -0.4 is 5.43 Å².